The van der Waals surface area contributed by atoms with Gasteiger partial charge >= 0.3 is 0 Å². The second-order valence-electron chi connectivity index (χ2n) is 8.48. The molecule has 1 saturated carbocycles. The Balaban J connectivity index is 1.71. The van der Waals surface area contributed by atoms with Crippen LogP contribution in [0.2, 0.25) is 0 Å². The van der Waals surface area contributed by atoms with Crippen molar-refractivity contribution in [3.63, 3.8) is 0 Å². The van der Waals surface area contributed by atoms with Crippen LogP contribution in [0.1, 0.15) is 52.4 Å². The molecule has 4 atom stereocenters. The zero-order chi connectivity index (χ0) is 14.9. The SMILES string of the molecule is CNCC1CCC(C)(C)CC1C1CCOC2(CCOC2)C1. The average molecular weight is 295 g/mol. The van der Waals surface area contributed by atoms with Gasteiger partial charge < -0.3 is 14.8 Å². The van der Waals surface area contributed by atoms with Gasteiger partial charge in [0, 0.05) is 19.6 Å². The molecule has 0 bridgehead atoms. The van der Waals surface area contributed by atoms with Crippen molar-refractivity contribution in [3.8, 4) is 0 Å². The molecule has 1 aliphatic carbocycles. The first kappa shape index (κ1) is 15.8. The zero-order valence-corrected chi connectivity index (χ0v) is 14.1. The fourth-order valence-corrected chi connectivity index (χ4v) is 5.06. The topological polar surface area (TPSA) is 30.5 Å². The molecule has 2 heterocycles. The third kappa shape index (κ3) is 3.46. The summed E-state index contributed by atoms with van der Waals surface area (Å²) in [5.41, 5.74) is 0.585. The fourth-order valence-electron chi connectivity index (χ4n) is 5.06. The van der Waals surface area contributed by atoms with Crippen LogP contribution in [0.4, 0.5) is 0 Å². The predicted octanol–water partition coefficient (Wildman–Crippen LogP) is 3.23. The second-order valence-corrected chi connectivity index (χ2v) is 8.48. The maximum Gasteiger partial charge on any atom is 0.0939 e. The number of rotatable bonds is 3. The molecular weight excluding hydrogens is 262 g/mol. The molecule has 0 amide bonds. The van der Waals surface area contributed by atoms with E-state index in [0.717, 1.165) is 44.0 Å². The second kappa shape index (κ2) is 6.17. The van der Waals surface area contributed by atoms with Crippen molar-refractivity contribution in [1.82, 2.24) is 5.32 Å². The molecule has 0 radical (unpaired) electrons. The molecular formula is C18H33NO2. The normalized spacial score (nSPS) is 43.3. The lowest BCUT2D eigenvalue weighted by atomic mass is 9.61. The third-order valence-electron chi connectivity index (χ3n) is 6.26. The summed E-state index contributed by atoms with van der Waals surface area (Å²) >= 11 is 0. The van der Waals surface area contributed by atoms with E-state index in [1.54, 1.807) is 0 Å². The van der Waals surface area contributed by atoms with Gasteiger partial charge in [-0.1, -0.05) is 13.8 Å². The van der Waals surface area contributed by atoms with Crippen molar-refractivity contribution in [1.29, 1.82) is 0 Å². The Morgan fingerprint density at radius 2 is 1.95 bits per heavy atom. The van der Waals surface area contributed by atoms with Gasteiger partial charge in [-0.05, 0) is 68.9 Å². The Morgan fingerprint density at radius 3 is 2.67 bits per heavy atom. The lowest BCUT2D eigenvalue weighted by Crippen LogP contribution is -2.46. The molecule has 3 rings (SSSR count). The highest BCUT2D eigenvalue weighted by atomic mass is 16.6. The van der Waals surface area contributed by atoms with Crippen LogP contribution >= 0.6 is 0 Å². The van der Waals surface area contributed by atoms with Crippen LogP contribution in [0.3, 0.4) is 0 Å². The maximum atomic E-state index is 6.15. The lowest BCUT2D eigenvalue weighted by molar-refractivity contribution is -0.117. The van der Waals surface area contributed by atoms with Crippen LogP contribution in [0.25, 0.3) is 0 Å². The molecule has 3 fully saturated rings. The summed E-state index contributed by atoms with van der Waals surface area (Å²) in [5.74, 6) is 2.55. The minimum Gasteiger partial charge on any atom is -0.378 e. The Morgan fingerprint density at radius 1 is 1.10 bits per heavy atom. The lowest BCUT2D eigenvalue weighted by Gasteiger charge is -2.48. The van der Waals surface area contributed by atoms with Gasteiger partial charge in [0.25, 0.3) is 0 Å². The van der Waals surface area contributed by atoms with E-state index in [4.69, 9.17) is 9.47 Å². The van der Waals surface area contributed by atoms with E-state index >= 15 is 0 Å². The van der Waals surface area contributed by atoms with E-state index in [2.05, 4.69) is 26.2 Å². The number of nitrogens with one attached hydrogen (secondary N) is 1. The summed E-state index contributed by atoms with van der Waals surface area (Å²) in [5, 5.41) is 3.44. The molecule has 1 N–H and O–H groups in total. The van der Waals surface area contributed by atoms with Crippen molar-refractivity contribution in [2.45, 2.75) is 58.0 Å². The van der Waals surface area contributed by atoms with Crippen LogP contribution < -0.4 is 5.32 Å². The van der Waals surface area contributed by atoms with E-state index in [9.17, 15) is 0 Å². The van der Waals surface area contributed by atoms with E-state index in [1.807, 2.05) is 0 Å². The molecule has 0 aromatic rings. The summed E-state index contributed by atoms with van der Waals surface area (Å²) in [6, 6.07) is 0. The maximum absolute atomic E-state index is 6.15. The first-order valence-electron chi connectivity index (χ1n) is 8.90. The van der Waals surface area contributed by atoms with Crippen LogP contribution in [0.15, 0.2) is 0 Å². The summed E-state index contributed by atoms with van der Waals surface area (Å²) in [7, 11) is 2.10. The molecule has 3 nitrogen and oxygen atoms in total. The minimum absolute atomic E-state index is 0.0642. The van der Waals surface area contributed by atoms with E-state index in [-0.39, 0.29) is 5.60 Å². The number of ether oxygens (including phenoxy) is 2. The molecule has 122 valence electrons. The quantitative estimate of drug-likeness (QED) is 0.867. The summed E-state index contributed by atoms with van der Waals surface area (Å²) in [4.78, 5) is 0. The zero-order valence-electron chi connectivity index (χ0n) is 14.1. The Bertz CT molecular complexity index is 349. The number of hydrogen-bond donors (Lipinski definition) is 1. The van der Waals surface area contributed by atoms with E-state index < -0.39 is 0 Å². The molecule has 3 aliphatic rings. The van der Waals surface area contributed by atoms with Crippen LogP contribution in [0.5, 0.6) is 0 Å². The molecule has 0 aromatic heterocycles. The molecule has 0 aromatic carbocycles. The van der Waals surface area contributed by atoms with Gasteiger partial charge in [-0.3, -0.25) is 0 Å². The molecule has 2 saturated heterocycles. The smallest absolute Gasteiger partial charge is 0.0939 e. The highest BCUT2D eigenvalue weighted by Gasteiger charge is 2.46. The Labute approximate surface area is 130 Å². The predicted molar refractivity (Wildman–Crippen MR) is 85.4 cm³/mol. The Kier molecular flexibility index (Phi) is 4.63. The van der Waals surface area contributed by atoms with Crippen molar-refractivity contribution < 1.29 is 9.47 Å². The molecule has 21 heavy (non-hydrogen) atoms. The fraction of sp³-hybridized carbons (Fsp3) is 1.00. The summed E-state index contributed by atoms with van der Waals surface area (Å²) < 4.78 is 11.8. The van der Waals surface area contributed by atoms with Gasteiger partial charge in [-0.2, -0.15) is 0 Å². The van der Waals surface area contributed by atoms with Gasteiger partial charge in [0.2, 0.25) is 0 Å². The molecule has 4 unspecified atom stereocenters. The van der Waals surface area contributed by atoms with Crippen LogP contribution in [0, 0.1) is 23.2 Å². The molecule has 3 heteroatoms. The van der Waals surface area contributed by atoms with Gasteiger partial charge in [0.05, 0.1) is 12.2 Å². The van der Waals surface area contributed by atoms with Gasteiger partial charge in [0.15, 0.2) is 0 Å². The first-order chi connectivity index (χ1) is 10.0. The van der Waals surface area contributed by atoms with E-state index in [0.29, 0.717) is 5.41 Å². The van der Waals surface area contributed by atoms with Crippen molar-refractivity contribution in [2.24, 2.45) is 23.2 Å². The van der Waals surface area contributed by atoms with Crippen molar-refractivity contribution >= 4 is 0 Å². The monoisotopic (exact) mass is 295 g/mol. The minimum atomic E-state index is 0.0642. The standard InChI is InChI=1S/C18H33NO2/c1-17(2)6-4-15(12-19-3)16(11-17)14-5-8-21-18(10-14)7-9-20-13-18/h14-16,19H,4-13H2,1-3H3. The Hall–Kier alpha value is -0.120. The van der Waals surface area contributed by atoms with E-state index in [1.165, 1.54) is 38.6 Å². The average Bonchev–Trinajstić information content (AvgIpc) is 2.89. The molecule has 1 spiro atoms. The third-order valence-corrected chi connectivity index (χ3v) is 6.26. The molecule has 2 aliphatic heterocycles. The highest BCUT2D eigenvalue weighted by molar-refractivity contribution is 4.96. The summed E-state index contributed by atoms with van der Waals surface area (Å²) in [6.45, 7) is 8.77. The van der Waals surface area contributed by atoms with Crippen molar-refractivity contribution in [3.05, 3.63) is 0 Å². The van der Waals surface area contributed by atoms with Gasteiger partial charge in [-0.25, -0.2) is 0 Å². The van der Waals surface area contributed by atoms with Crippen LogP contribution in [-0.2, 0) is 9.47 Å². The summed E-state index contributed by atoms with van der Waals surface area (Å²) in [6.07, 6.45) is 7.75. The number of hydrogen-bond acceptors (Lipinski definition) is 3. The highest BCUT2D eigenvalue weighted by Crippen LogP contribution is 2.49. The van der Waals surface area contributed by atoms with Gasteiger partial charge in [0.1, 0.15) is 0 Å². The first-order valence-corrected chi connectivity index (χ1v) is 8.90. The van der Waals surface area contributed by atoms with Gasteiger partial charge in [-0.15, -0.1) is 0 Å². The van der Waals surface area contributed by atoms with Crippen molar-refractivity contribution in [2.75, 3.05) is 33.4 Å². The largest absolute Gasteiger partial charge is 0.378 e. The van der Waals surface area contributed by atoms with Crippen LogP contribution in [-0.4, -0.2) is 39.0 Å².